The van der Waals surface area contributed by atoms with Crippen LogP contribution in [0.5, 0.6) is 0 Å². The number of ether oxygens (including phenoxy) is 1. The van der Waals surface area contributed by atoms with Crippen LogP contribution in [0.4, 0.5) is 4.79 Å². The lowest BCUT2D eigenvalue weighted by molar-refractivity contribution is -0.149. The number of fused-ring (bicyclic) bond motifs is 3. The molecule has 2 N–H and O–H groups in total. The number of carbonyl (C=O) groups is 3. The van der Waals surface area contributed by atoms with E-state index in [1.807, 2.05) is 78.9 Å². The highest BCUT2D eigenvalue weighted by Gasteiger charge is 2.58. The van der Waals surface area contributed by atoms with Crippen LogP contribution in [0.25, 0.3) is 22.0 Å². The topological polar surface area (TPSA) is 99.7 Å². The number of aromatic amines is 1. The molecule has 2 atom stereocenters. The van der Waals surface area contributed by atoms with E-state index in [1.165, 1.54) is 4.90 Å². The molecule has 44 heavy (non-hydrogen) atoms. The number of H-pyrrole nitrogens is 1. The van der Waals surface area contributed by atoms with E-state index in [0.29, 0.717) is 5.56 Å². The Morgan fingerprint density at radius 1 is 0.886 bits per heavy atom. The lowest BCUT2D eigenvalue weighted by Crippen LogP contribution is -2.65. The van der Waals surface area contributed by atoms with Crippen molar-refractivity contribution in [1.29, 1.82) is 0 Å². The predicted octanol–water partition coefficient (Wildman–Crippen LogP) is 8.13. The van der Waals surface area contributed by atoms with Crippen molar-refractivity contribution >= 4 is 28.7 Å². The summed E-state index contributed by atoms with van der Waals surface area (Å²) in [5, 5.41) is 11.6. The van der Waals surface area contributed by atoms with E-state index in [2.05, 4.69) is 4.98 Å². The first-order chi connectivity index (χ1) is 21.1. The van der Waals surface area contributed by atoms with E-state index in [9.17, 15) is 19.5 Å². The van der Waals surface area contributed by atoms with Crippen molar-refractivity contribution in [2.75, 3.05) is 0 Å². The molecule has 0 saturated heterocycles. The van der Waals surface area contributed by atoms with Gasteiger partial charge < -0.3 is 14.8 Å². The highest BCUT2D eigenvalue weighted by molar-refractivity contribution is 5.99. The van der Waals surface area contributed by atoms with Gasteiger partial charge >= 0.3 is 12.1 Å². The number of nitrogens with one attached hydrogen (secondary N) is 1. The molecule has 1 amide bonds. The van der Waals surface area contributed by atoms with Gasteiger partial charge in [0.2, 0.25) is 0 Å². The van der Waals surface area contributed by atoms with Crippen molar-refractivity contribution in [3.63, 3.8) is 0 Å². The average Bonchev–Trinajstić information content (AvgIpc) is 3.40. The molecule has 7 heteroatoms. The molecule has 3 aromatic carbocycles. The van der Waals surface area contributed by atoms with Crippen LogP contribution in [0.2, 0.25) is 0 Å². The molecular weight excluding hydrogens is 552 g/mol. The Kier molecular flexibility index (Phi) is 7.82. The number of carboxylic acids is 1. The fourth-order valence-corrected chi connectivity index (χ4v) is 7.39. The number of rotatable bonds is 6. The monoisotopic (exact) mass is 592 g/mol. The Bertz CT molecular complexity index is 1680. The molecule has 1 fully saturated rings. The van der Waals surface area contributed by atoms with Crippen molar-refractivity contribution in [2.45, 2.75) is 82.9 Å². The molecule has 0 unspecified atom stereocenters. The third-order valence-electron chi connectivity index (χ3n) is 9.29. The zero-order valence-corrected chi connectivity index (χ0v) is 25.6. The molecule has 4 aromatic rings. The van der Waals surface area contributed by atoms with Crippen LogP contribution < -0.4 is 0 Å². The highest BCUT2D eigenvalue weighted by Crippen LogP contribution is 2.53. The normalized spacial score (nSPS) is 20.7. The molecule has 0 spiro atoms. The minimum Gasteiger partial charge on any atom is -0.480 e. The number of aliphatic carboxylic acids is 1. The summed E-state index contributed by atoms with van der Waals surface area (Å²) >= 11 is 0. The number of ketones is 1. The summed E-state index contributed by atoms with van der Waals surface area (Å²) in [6, 6.07) is 24.2. The summed E-state index contributed by atoms with van der Waals surface area (Å²) in [4.78, 5) is 46.8. The molecule has 1 aliphatic heterocycles. The first-order valence-electron chi connectivity index (χ1n) is 15.6. The number of nitrogens with zero attached hydrogens (tertiary/aromatic N) is 1. The Morgan fingerprint density at radius 3 is 2.18 bits per heavy atom. The fraction of sp³-hybridized carbons (Fsp3) is 0.378. The van der Waals surface area contributed by atoms with Gasteiger partial charge in [-0.3, -0.25) is 9.69 Å². The summed E-state index contributed by atoms with van der Waals surface area (Å²) in [5.41, 5.74) is 3.01. The van der Waals surface area contributed by atoms with Crippen LogP contribution in [-0.2, 0) is 21.5 Å². The van der Waals surface area contributed by atoms with Gasteiger partial charge in [-0.15, -0.1) is 0 Å². The molecule has 2 aliphatic rings. The Balaban J connectivity index is 1.53. The van der Waals surface area contributed by atoms with Gasteiger partial charge in [-0.05, 0) is 62.3 Å². The van der Waals surface area contributed by atoms with Crippen LogP contribution in [0.15, 0.2) is 78.9 Å². The molecule has 6 rings (SSSR count). The second-order valence-electron chi connectivity index (χ2n) is 13.2. The zero-order chi connectivity index (χ0) is 31.1. The molecule has 1 aliphatic carbocycles. The lowest BCUT2D eigenvalue weighted by atomic mass is 9.65. The van der Waals surface area contributed by atoms with E-state index in [0.717, 1.165) is 65.4 Å². The summed E-state index contributed by atoms with van der Waals surface area (Å²) in [6.45, 7) is 5.34. The fourth-order valence-electron chi connectivity index (χ4n) is 7.39. The van der Waals surface area contributed by atoms with Gasteiger partial charge in [0, 0.05) is 35.0 Å². The smallest absolute Gasteiger partial charge is 0.411 e. The van der Waals surface area contributed by atoms with Crippen molar-refractivity contribution < 1.29 is 24.2 Å². The molecular formula is C37H40N2O5. The summed E-state index contributed by atoms with van der Waals surface area (Å²) in [6.07, 6.45) is 3.89. The maximum atomic E-state index is 14.4. The van der Waals surface area contributed by atoms with E-state index >= 15 is 0 Å². The van der Waals surface area contributed by atoms with E-state index in [4.69, 9.17) is 4.74 Å². The highest BCUT2D eigenvalue weighted by atomic mass is 16.6. The number of carbonyl (C=O) groups excluding carboxylic acids is 2. The van der Waals surface area contributed by atoms with Gasteiger partial charge in [-0.1, -0.05) is 92.1 Å². The number of hydrogen-bond acceptors (Lipinski definition) is 4. The van der Waals surface area contributed by atoms with Crippen LogP contribution in [-0.4, -0.2) is 44.5 Å². The number of hydrogen-bond donors (Lipinski definition) is 2. The van der Waals surface area contributed by atoms with E-state index in [1.54, 1.807) is 20.8 Å². The summed E-state index contributed by atoms with van der Waals surface area (Å²) in [5.74, 6) is -1.38. The first kappa shape index (κ1) is 29.7. The number of carboxylic acid groups (broad SMARTS) is 1. The predicted molar refractivity (Wildman–Crippen MR) is 171 cm³/mol. The van der Waals surface area contributed by atoms with Gasteiger partial charge in [0.05, 0.1) is 5.54 Å². The van der Waals surface area contributed by atoms with Crippen LogP contribution in [0.1, 0.15) is 80.9 Å². The van der Waals surface area contributed by atoms with Crippen LogP contribution >= 0.6 is 0 Å². The summed E-state index contributed by atoms with van der Waals surface area (Å²) < 4.78 is 5.94. The number of aromatic nitrogens is 1. The van der Waals surface area contributed by atoms with Crippen LogP contribution in [0.3, 0.4) is 0 Å². The molecule has 7 nitrogen and oxygen atoms in total. The minimum absolute atomic E-state index is 0.0504. The van der Waals surface area contributed by atoms with Gasteiger partial charge in [0.25, 0.3) is 0 Å². The van der Waals surface area contributed by atoms with Crippen molar-refractivity contribution in [3.8, 4) is 11.1 Å². The molecule has 228 valence electrons. The number of para-hydroxylation sites is 1. The Morgan fingerprint density at radius 2 is 1.52 bits per heavy atom. The number of benzene rings is 3. The van der Waals surface area contributed by atoms with E-state index in [-0.39, 0.29) is 24.5 Å². The van der Waals surface area contributed by atoms with Gasteiger partial charge in [-0.2, -0.15) is 0 Å². The third-order valence-corrected chi connectivity index (χ3v) is 9.29. The molecule has 1 saturated carbocycles. The number of Topliss-reactive ketones (excluding diaryl/α,β-unsaturated/α-hetero) is 1. The Labute approximate surface area is 258 Å². The van der Waals surface area contributed by atoms with Crippen molar-refractivity contribution in [2.24, 2.45) is 5.92 Å². The van der Waals surface area contributed by atoms with Crippen molar-refractivity contribution in [1.82, 2.24) is 9.88 Å². The quantitative estimate of drug-likeness (QED) is 0.220. The first-order valence-corrected chi connectivity index (χ1v) is 15.6. The molecule has 0 bridgehead atoms. The maximum Gasteiger partial charge on any atom is 0.411 e. The van der Waals surface area contributed by atoms with Crippen LogP contribution in [0, 0.1) is 5.92 Å². The van der Waals surface area contributed by atoms with Gasteiger partial charge in [-0.25, -0.2) is 9.59 Å². The standard InChI is InChI=1S/C37H40N2O5/c1-36(2,3)44-35(43)39-31(34(41)42)22-29-28-16-10-11-17-30(28)38-33(29)37(39,27-14-8-5-9-15-27)23-32(40)26-20-18-25(19-21-26)24-12-6-4-7-13-24/h4,6-7,10-13,16-21,27,31,38H,5,8-9,14-15,22-23H2,1-3H3,(H,41,42)/t31-,37+/m1/s1. The molecule has 0 radical (unpaired) electrons. The zero-order valence-electron chi connectivity index (χ0n) is 25.6. The number of amides is 1. The van der Waals surface area contributed by atoms with E-state index < -0.39 is 29.2 Å². The third kappa shape index (κ3) is 5.40. The minimum atomic E-state index is -1.23. The SMILES string of the molecule is CC(C)(C)OC(=O)N1[C@@H](C(=O)O)Cc2c([nH]c3ccccc23)[C@]1(CC(=O)c1ccc(-c2ccccc2)cc1)C1CCCCC1. The molecule has 2 heterocycles. The lowest BCUT2D eigenvalue weighted by Gasteiger charge is -2.54. The largest absolute Gasteiger partial charge is 0.480 e. The second kappa shape index (κ2) is 11.6. The maximum absolute atomic E-state index is 14.4. The Hall–Kier alpha value is -4.39. The average molecular weight is 593 g/mol. The van der Waals surface area contributed by atoms with Gasteiger partial charge in [0.15, 0.2) is 5.78 Å². The van der Waals surface area contributed by atoms with Crippen molar-refractivity contribution in [3.05, 3.63) is 95.7 Å². The van der Waals surface area contributed by atoms with Gasteiger partial charge in [0.1, 0.15) is 11.6 Å². The summed E-state index contributed by atoms with van der Waals surface area (Å²) in [7, 11) is 0. The second-order valence-corrected chi connectivity index (χ2v) is 13.2. The molecule has 1 aromatic heterocycles.